The van der Waals surface area contributed by atoms with E-state index < -0.39 is 11.0 Å². The highest BCUT2D eigenvalue weighted by Gasteiger charge is 2.22. The van der Waals surface area contributed by atoms with Gasteiger partial charge in [-0.25, -0.2) is 9.18 Å². The van der Waals surface area contributed by atoms with Crippen molar-refractivity contribution in [2.24, 2.45) is 0 Å². The Kier molecular flexibility index (Phi) is 10.0. The van der Waals surface area contributed by atoms with Crippen LogP contribution in [0, 0.1) is 15.9 Å². The fourth-order valence-electron chi connectivity index (χ4n) is 4.48. The number of non-ortho nitro benzene ring substituents is 1. The van der Waals surface area contributed by atoms with Crippen molar-refractivity contribution in [2.75, 3.05) is 38.7 Å². The van der Waals surface area contributed by atoms with Crippen LogP contribution in [-0.2, 0) is 22.5 Å². The van der Waals surface area contributed by atoms with Crippen molar-refractivity contribution in [3.05, 3.63) is 106 Å². The number of carbonyl (C=O) groups is 2. The minimum Gasteiger partial charge on any atom is -0.385 e. The molecule has 0 aliphatic heterocycles. The van der Waals surface area contributed by atoms with Crippen LogP contribution in [0.4, 0.5) is 20.6 Å². The van der Waals surface area contributed by atoms with Gasteiger partial charge in [-0.15, -0.1) is 0 Å². The van der Waals surface area contributed by atoms with Gasteiger partial charge in [-0.1, -0.05) is 30.3 Å². The van der Waals surface area contributed by atoms with Crippen molar-refractivity contribution >= 4 is 34.2 Å². The van der Waals surface area contributed by atoms with E-state index in [0.29, 0.717) is 31.7 Å². The first-order valence-corrected chi connectivity index (χ1v) is 13.2. The smallest absolute Gasteiger partial charge is 0.322 e. The van der Waals surface area contributed by atoms with E-state index in [4.69, 9.17) is 4.74 Å². The highest BCUT2D eigenvalue weighted by atomic mass is 19.1. The Hall–Kier alpha value is -4.77. The molecule has 3 aromatic carbocycles. The van der Waals surface area contributed by atoms with Crippen LogP contribution in [-0.4, -0.2) is 65.0 Å². The number of aromatic nitrogens is 1. The van der Waals surface area contributed by atoms with Crippen molar-refractivity contribution in [3.8, 4) is 0 Å². The summed E-state index contributed by atoms with van der Waals surface area (Å²) in [7, 11) is 1.56. The molecule has 0 fully saturated rings. The molecule has 11 heteroatoms. The monoisotopic (exact) mass is 561 g/mol. The van der Waals surface area contributed by atoms with Crippen LogP contribution < -0.4 is 5.32 Å². The van der Waals surface area contributed by atoms with Crippen LogP contribution in [0.15, 0.2) is 79.0 Å². The van der Waals surface area contributed by atoms with E-state index in [1.54, 1.807) is 24.1 Å². The van der Waals surface area contributed by atoms with Gasteiger partial charge in [-0.05, 0) is 54.3 Å². The number of urea groups is 1. The van der Waals surface area contributed by atoms with E-state index in [0.717, 1.165) is 22.0 Å². The minimum absolute atomic E-state index is 0.0956. The third kappa shape index (κ3) is 8.12. The van der Waals surface area contributed by atoms with Crippen molar-refractivity contribution in [1.82, 2.24) is 14.8 Å². The largest absolute Gasteiger partial charge is 0.385 e. The fraction of sp³-hybridized carbons (Fsp3) is 0.267. The summed E-state index contributed by atoms with van der Waals surface area (Å²) >= 11 is 0. The number of anilines is 1. The normalized spacial score (nSPS) is 10.9. The molecule has 0 aliphatic rings. The molecule has 41 heavy (non-hydrogen) atoms. The molecule has 3 amide bonds. The first-order valence-electron chi connectivity index (χ1n) is 13.2. The second-order valence-electron chi connectivity index (χ2n) is 9.55. The lowest BCUT2D eigenvalue weighted by molar-refractivity contribution is -0.384. The van der Waals surface area contributed by atoms with Crippen molar-refractivity contribution in [3.63, 3.8) is 0 Å². The zero-order valence-electron chi connectivity index (χ0n) is 22.7. The van der Waals surface area contributed by atoms with Crippen LogP contribution in [0.2, 0.25) is 0 Å². The molecule has 4 rings (SSSR count). The van der Waals surface area contributed by atoms with Crippen molar-refractivity contribution in [1.29, 1.82) is 0 Å². The number of methoxy groups -OCH3 is 1. The maximum absolute atomic E-state index is 13.7. The van der Waals surface area contributed by atoms with E-state index >= 15 is 0 Å². The number of aromatic amines is 1. The Morgan fingerprint density at radius 1 is 1.00 bits per heavy atom. The Morgan fingerprint density at radius 2 is 1.73 bits per heavy atom. The van der Waals surface area contributed by atoms with Gasteiger partial charge in [0.05, 0.1) is 4.92 Å². The number of hydrogen-bond acceptors (Lipinski definition) is 5. The van der Waals surface area contributed by atoms with Gasteiger partial charge in [0, 0.05) is 68.3 Å². The lowest BCUT2D eigenvalue weighted by atomic mass is 10.1. The number of para-hydroxylation sites is 1. The molecule has 0 radical (unpaired) electrons. The lowest BCUT2D eigenvalue weighted by Gasteiger charge is -2.28. The van der Waals surface area contributed by atoms with E-state index in [1.807, 2.05) is 30.5 Å². The fourth-order valence-corrected chi connectivity index (χ4v) is 4.48. The summed E-state index contributed by atoms with van der Waals surface area (Å²) in [4.78, 5) is 43.6. The van der Waals surface area contributed by atoms with Crippen LogP contribution in [0.5, 0.6) is 0 Å². The summed E-state index contributed by atoms with van der Waals surface area (Å²) < 4.78 is 18.7. The van der Waals surface area contributed by atoms with Gasteiger partial charge in [0.15, 0.2) is 0 Å². The molecule has 10 nitrogen and oxygen atoms in total. The maximum Gasteiger partial charge on any atom is 0.322 e. The number of ether oxygens (including phenoxy) is 1. The number of nitro groups is 1. The second kappa shape index (κ2) is 14.0. The molecule has 1 heterocycles. The molecule has 0 atom stereocenters. The van der Waals surface area contributed by atoms with Gasteiger partial charge in [0.2, 0.25) is 5.91 Å². The van der Waals surface area contributed by atoms with Gasteiger partial charge < -0.3 is 24.8 Å². The van der Waals surface area contributed by atoms with E-state index in [-0.39, 0.29) is 37.0 Å². The first-order chi connectivity index (χ1) is 19.8. The molecule has 0 bridgehead atoms. The maximum atomic E-state index is 13.7. The number of H-pyrrole nitrogens is 1. The van der Waals surface area contributed by atoms with Gasteiger partial charge in [0.1, 0.15) is 12.4 Å². The molecule has 0 spiro atoms. The molecule has 0 aliphatic carbocycles. The standard InChI is InChI=1S/C30H32FN5O5/c1-41-18-4-16-35(30(38)33-25-11-13-26(14-12-25)36(39)40)21-29(37)34(20-22-7-9-24(31)10-8-22)17-15-23-19-32-28-6-3-2-5-27(23)28/h2-3,5-14,19,32H,4,15-18,20-21H2,1H3,(H,33,38). The number of nitrogens with zero attached hydrogens (tertiary/aromatic N) is 3. The molecule has 214 valence electrons. The average molecular weight is 562 g/mol. The molecule has 2 N–H and O–H groups in total. The predicted octanol–water partition coefficient (Wildman–Crippen LogP) is 5.36. The third-order valence-corrected chi connectivity index (χ3v) is 6.68. The number of halogens is 1. The van der Waals surface area contributed by atoms with E-state index in [1.165, 1.54) is 41.3 Å². The summed E-state index contributed by atoms with van der Waals surface area (Å²) in [6.45, 7) is 1.09. The molecule has 4 aromatic rings. The summed E-state index contributed by atoms with van der Waals surface area (Å²) in [5.41, 5.74) is 3.10. The Bertz CT molecular complexity index is 1470. The lowest BCUT2D eigenvalue weighted by Crippen LogP contribution is -2.45. The number of carbonyl (C=O) groups excluding carboxylic acids is 2. The van der Waals surface area contributed by atoms with Crippen molar-refractivity contribution in [2.45, 2.75) is 19.4 Å². The van der Waals surface area contributed by atoms with E-state index in [2.05, 4.69) is 10.3 Å². The zero-order valence-corrected chi connectivity index (χ0v) is 22.7. The van der Waals surface area contributed by atoms with E-state index in [9.17, 15) is 24.1 Å². The third-order valence-electron chi connectivity index (χ3n) is 6.68. The SMILES string of the molecule is COCCCN(CC(=O)N(CCc1c[nH]c2ccccc12)Cc1ccc(F)cc1)C(=O)Nc1ccc([N+](=O)[O-])cc1. The molecule has 1 aromatic heterocycles. The number of amides is 3. The molecular weight excluding hydrogens is 529 g/mol. The highest BCUT2D eigenvalue weighted by Crippen LogP contribution is 2.20. The van der Waals surface area contributed by atoms with Gasteiger partial charge in [-0.3, -0.25) is 14.9 Å². The summed E-state index contributed by atoms with van der Waals surface area (Å²) in [6.07, 6.45) is 3.01. The molecule has 0 saturated heterocycles. The van der Waals surface area contributed by atoms with Crippen LogP contribution >= 0.6 is 0 Å². The van der Waals surface area contributed by atoms with Crippen molar-refractivity contribution < 1.29 is 23.6 Å². The molecule has 0 unspecified atom stereocenters. The molecular formula is C30H32FN5O5. The number of nitro benzene ring substituents is 1. The zero-order chi connectivity index (χ0) is 29.2. The van der Waals surface area contributed by atoms with Gasteiger partial charge in [0.25, 0.3) is 5.69 Å². The van der Waals surface area contributed by atoms with Gasteiger partial charge >= 0.3 is 6.03 Å². The Balaban J connectivity index is 1.50. The Labute approximate surface area is 236 Å². The minimum atomic E-state index is -0.521. The number of rotatable bonds is 13. The predicted molar refractivity (Wildman–Crippen MR) is 154 cm³/mol. The quantitative estimate of drug-likeness (QED) is 0.129. The average Bonchev–Trinajstić information content (AvgIpc) is 3.39. The summed E-state index contributed by atoms with van der Waals surface area (Å²) in [5, 5.41) is 14.7. The van der Waals surface area contributed by atoms with Crippen LogP contribution in [0.1, 0.15) is 17.5 Å². The number of hydrogen-bond donors (Lipinski definition) is 2. The number of fused-ring (bicyclic) bond motifs is 1. The molecule has 0 saturated carbocycles. The van der Waals surface area contributed by atoms with Gasteiger partial charge in [-0.2, -0.15) is 0 Å². The Morgan fingerprint density at radius 3 is 2.44 bits per heavy atom. The second-order valence-corrected chi connectivity index (χ2v) is 9.55. The highest BCUT2D eigenvalue weighted by molar-refractivity contribution is 5.92. The van der Waals surface area contributed by atoms with Crippen LogP contribution in [0.25, 0.3) is 10.9 Å². The van der Waals surface area contributed by atoms with Crippen LogP contribution in [0.3, 0.4) is 0 Å². The number of nitrogens with one attached hydrogen (secondary N) is 2. The first kappa shape index (κ1) is 29.2. The topological polar surface area (TPSA) is 121 Å². The summed E-state index contributed by atoms with van der Waals surface area (Å²) in [5.74, 6) is -0.636. The number of benzene rings is 3. The summed E-state index contributed by atoms with van der Waals surface area (Å²) in [6, 6.07) is 18.9.